The molecule has 0 aliphatic carbocycles. The Kier molecular flexibility index (Phi) is 4.83. The van der Waals surface area contributed by atoms with Gasteiger partial charge in [-0.3, -0.25) is 4.79 Å². The quantitative estimate of drug-likeness (QED) is 0.792. The van der Waals surface area contributed by atoms with Crippen LogP contribution in [0.3, 0.4) is 0 Å². The van der Waals surface area contributed by atoms with Crippen molar-refractivity contribution < 1.29 is 18.0 Å². The van der Waals surface area contributed by atoms with Crippen molar-refractivity contribution in [1.82, 2.24) is 14.9 Å². The van der Waals surface area contributed by atoms with Crippen molar-refractivity contribution in [3.05, 3.63) is 65.8 Å². The molecule has 0 saturated carbocycles. The topological polar surface area (TPSA) is 46.1 Å². The molecule has 1 fully saturated rings. The average molecular weight is 347 g/mol. The molecule has 0 bridgehead atoms. The first-order valence-corrected chi connectivity index (χ1v) is 7.87. The number of hydrogen-bond donors (Lipinski definition) is 0. The summed E-state index contributed by atoms with van der Waals surface area (Å²) in [4.78, 5) is 22.3. The minimum atomic E-state index is -4.36. The Balaban J connectivity index is 1.70. The first-order chi connectivity index (χ1) is 11.9. The number of halogens is 3. The fraction of sp³-hybridized carbons (Fsp3) is 0.278. The zero-order chi connectivity index (χ0) is 17.9. The molecule has 2 aromatic rings. The van der Waals surface area contributed by atoms with Crippen LogP contribution >= 0.6 is 0 Å². The molecule has 7 heteroatoms. The first kappa shape index (κ1) is 17.1. The van der Waals surface area contributed by atoms with Gasteiger partial charge < -0.3 is 4.90 Å². The summed E-state index contributed by atoms with van der Waals surface area (Å²) in [7, 11) is 0. The lowest BCUT2D eigenvalue weighted by Gasteiger charge is -2.22. The second-order valence-corrected chi connectivity index (χ2v) is 5.78. The number of likely N-dealkylation sites (tertiary alicyclic amines) is 1. The third kappa shape index (κ3) is 4.04. The van der Waals surface area contributed by atoms with E-state index in [4.69, 9.17) is 0 Å². The number of carbonyl (C=O) groups is 1. The Morgan fingerprint density at radius 1 is 1.20 bits per heavy atom. The van der Waals surface area contributed by atoms with Gasteiger partial charge in [0.15, 0.2) is 0 Å². The molecular formula is C18H16F3N3O. The first-order valence-electron chi connectivity index (χ1n) is 7.87. The molecule has 1 aromatic heterocycles. The highest BCUT2D eigenvalue weighted by atomic mass is 19.4. The summed E-state index contributed by atoms with van der Waals surface area (Å²) in [6, 6.07) is 6.40. The maximum absolute atomic E-state index is 12.6. The van der Waals surface area contributed by atoms with E-state index in [2.05, 4.69) is 9.97 Å². The van der Waals surface area contributed by atoms with Crippen LogP contribution in [-0.2, 0) is 11.0 Å². The Morgan fingerprint density at radius 2 is 1.96 bits per heavy atom. The van der Waals surface area contributed by atoms with Crippen molar-refractivity contribution in [3.63, 3.8) is 0 Å². The number of hydrogen-bond acceptors (Lipinski definition) is 3. The van der Waals surface area contributed by atoms with Crippen LogP contribution in [0.4, 0.5) is 13.2 Å². The maximum Gasteiger partial charge on any atom is 0.416 e. The molecule has 130 valence electrons. The maximum atomic E-state index is 12.6. The standard InChI is InChI=1S/C18H16F3N3O/c19-18(20,21)14-6-3-13(4-7-14)5-8-17(25)24-11-1-2-16(24)15-9-10-22-12-23-15/h3-10,12,16H,1-2,11H2. The minimum Gasteiger partial charge on any atom is -0.331 e. The predicted molar refractivity (Wildman–Crippen MR) is 86.2 cm³/mol. The Bertz CT molecular complexity index is 757. The molecule has 2 heterocycles. The molecule has 1 saturated heterocycles. The van der Waals surface area contributed by atoms with Gasteiger partial charge in [-0.1, -0.05) is 12.1 Å². The third-order valence-electron chi connectivity index (χ3n) is 4.14. The van der Waals surface area contributed by atoms with Gasteiger partial charge in [0.1, 0.15) is 6.33 Å². The second-order valence-electron chi connectivity index (χ2n) is 5.78. The molecule has 1 atom stereocenters. The van der Waals surface area contributed by atoms with E-state index in [0.717, 1.165) is 30.7 Å². The zero-order valence-corrected chi connectivity index (χ0v) is 13.3. The van der Waals surface area contributed by atoms with Gasteiger partial charge in [-0.05, 0) is 42.7 Å². The van der Waals surface area contributed by atoms with E-state index >= 15 is 0 Å². The average Bonchev–Trinajstić information content (AvgIpc) is 3.10. The molecule has 1 unspecified atom stereocenters. The number of rotatable bonds is 3. The van der Waals surface area contributed by atoms with Gasteiger partial charge in [0.05, 0.1) is 17.3 Å². The van der Waals surface area contributed by atoms with Gasteiger partial charge >= 0.3 is 6.18 Å². The van der Waals surface area contributed by atoms with Crippen LogP contribution < -0.4 is 0 Å². The van der Waals surface area contributed by atoms with Crippen molar-refractivity contribution in [3.8, 4) is 0 Å². The largest absolute Gasteiger partial charge is 0.416 e. The molecule has 25 heavy (non-hydrogen) atoms. The van der Waals surface area contributed by atoms with E-state index in [-0.39, 0.29) is 11.9 Å². The summed E-state index contributed by atoms with van der Waals surface area (Å²) in [5, 5.41) is 0. The number of amides is 1. The van der Waals surface area contributed by atoms with Gasteiger partial charge in [-0.2, -0.15) is 13.2 Å². The van der Waals surface area contributed by atoms with Crippen molar-refractivity contribution in [2.45, 2.75) is 25.1 Å². The Morgan fingerprint density at radius 3 is 2.60 bits per heavy atom. The summed E-state index contributed by atoms with van der Waals surface area (Å²) in [5.41, 5.74) is 0.627. The lowest BCUT2D eigenvalue weighted by Crippen LogP contribution is -2.29. The smallest absolute Gasteiger partial charge is 0.331 e. The number of benzene rings is 1. The van der Waals surface area contributed by atoms with Crippen LogP contribution in [0.5, 0.6) is 0 Å². The fourth-order valence-electron chi connectivity index (χ4n) is 2.88. The SMILES string of the molecule is O=C(C=Cc1ccc(C(F)(F)F)cc1)N1CCCC1c1ccncn1. The molecule has 1 aliphatic rings. The van der Waals surface area contributed by atoms with E-state index in [1.807, 2.05) is 0 Å². The summed E-state index contributed by atoms with van der Waals surface area (Å²) in [5.74, 6) is -0.180. The molecule has 4 nitrogen and oxygen atoms in total. The van der Waals surface area contributed by atoms with Gasteiger partial charge in [-0.25, -0.2) is 9.97 Å². The number of aromatic nitrogens is 2. The molecule has 0 N–H and O–H groups in total. The Labute approximate surface area is 143 Å². The van der Waals surface area contributed by atoms with Crippen LogP contribution in [0, 0.1) is 0 Å². The molecule has 1 amide bonds. The van der Waals surface area contributed by atoms with Crippen LogP contribution in [-0.4, -0.2) is 27.3 Å². The predicted octanol–water partition coefficient (Wildman–Crippen LogP) is 3.87. The van der Waals surface area contributed by atoms with Crippen LogP contribution in [0.15, 0.2) is 48.9 Å². The highest BCUT2D eigenvalue weighted by molar-refractivity contribution is 5.92. The van der Waals surface area contributed by atoms with Gasteiger partial charge in [0.2, 0.25) is 5.91 Å². The monoisotopic (exact) mass is 347 g/mol. The molecule has 1 aromatic carbocycles. The van der Waals surface area contributed by atoms with E-state index in [1.54, 1.807) is 17.2 Å². The molecule has 0 spiro atoms. The lowest BCUT2D eigenvalue weighted by molar-refractivity contribution is -0.137. The van der Waals surface area contributed by atoms with Crippen LogP contribution in [0.1, 0.15) is 35.7 Å². The molecular weight excluding hydrogens is 331 g/mol. The molecule has 1 aliphatic heterocycles. The highest BCUT2D eigenvalue weighted by Crippen LogP contribution is 2.31. The number of carbonyl (C=O) groups excluding carboxylic acids is 1. The van der Waals surface area contributed by atoms with Gasteiger partial charge in [0.25, 0.3) is 0 Å². The Hall–Kier alpha value is -2.70. The minimum absolute atomic E-state index is 0.0900. The summed E-state index contributed by atoms with van der Waals surface area (Å²) >= 11 is 0. The fourth-order valence-corrected chi connectivity index (χ4v) is 2.88. The molecule has 3 rings (SSSR count). The van der Waals surface area contributed by atoms with Crippen LogP contribution in [0.25, 0.3) is 6.08 Å². The van der Waals surface area contributed by atoms with E-state index in [1.165, 1.54) is 30.6 Å². The number of alkyl halides is 3. The summed E-state index contributed by atoms with van der Waals surface area (Å²) in [6.07, 6.45) is 3.36. The van der Waals surface area contributed by atoms with E-state index < -0.39 is 11.7 Å². The van der Waals surface area contributed by atoms with Crippen molar-refractivity contribution >= 4 is 12.0 Å². The third-order valence-corrected chi connectivity index (χ3v) is 4.14. The number of nitrogens with zero attached hydrogens (tertiary/aromatic N) is 3. The lowest BCUT2D eigenvalue weighted by atomic mass is 10.1. The van der Waals surface area contributed by atoms with Crippen molar-refractivity contribution in [2.24, 2.45) is 0 Å². The van der Waals surface area contributed by atoms with Crippen molar-refractivity contribution in [2.75, 3.05) is 6.54 Å². The highest BCUT2D eigenvalue weighted by Gasteiger charge is 2.30. The van der Waals surface area contributed by atoms with E-state index in [0.29, 0.717) is 12.1 Å². The summed E-state index contributed by atoms with van der Waals surface area (Å²) < 4.78 is 37.7. The van der Waals surface area contributed by atoms with E-state index in [9.17, 15) is 18.0 Å². The normalized spacial score (nSPS) is 18.0. The zero-order valence-electron chi connectivity index (χ0n) is 13.3. The summed E-state index contributed by atoms with van der Waals surface area (Å²) in [6.45, 7) is 0.630. The molecule has 0 radical (unpaired) electrons. The second kappa shape index (κ2) is 7.04. The van der Waals surface area contributed by atoms with Crippen LogP contribution in [0.2, 0.25) is 0 Å². The van der Waals surface area contributed by atoms with Gasteiger partial charge in [-0.15, -0.1) is 0 Å². The van der Waals surface area contributed by atoms with Crippen molar-refractivity contribution in [1.29, 1.82) is 0 Å². The van der Waals surface area contributed by atoms with Gasteiger partial charge in [0, 0.05) is 18.8 Å².